The minimum absolute atomic E-state index is 0.0394. The third-order valence-electron chi connectivity index (χ3n) is 2.52. The molecular weight excluding hydrogens is 152 g/mol. The molecule has 0 heterocycles. The lowest BCUT2D eigenvalue weighted by atomic mass is 10.1. The van der Waals surface area contributed by atoms with Gasteiger partial charge in [-0.25, -0.2) is 0 Å². The van der Waals surface area contributed by atoms with Gasteiger partial charge in [0.25, 0.3) is 0 Å². The van der Waals surface area contributed by atoms with E-state index in [0.717, 1.165) is 6.42 Å². The number of esters is 1. The van der Waals surface area contributed by atoms with Gasteiger partial charge < -0.3 is 4.74 Å². The standard InChI is InChI=1S/C10H18O2/c1-7-6-10(7,5)8(11)12-9(2,3)4/h7H,6H2,1-5H3. The predicted octanol–water partition coefficient (Wildman–Crippen LogP) is 2.37. The Kier molecular flexibility index (Phi) is 1.97. The van der Waals surface area contributed by atoms with Crippen LogP contribution in [0.2, 0.25) is 0 Å². The first-order valence-electron chi connectivity index (χ1n) is 4.49. The molecule has 0 N–H and O–H groups in total. The highest BCUT2D eigenvalue weighted by Crippen LogP contribution is 2.53. The fourth-order valence-corrected chi connectivity index (χ4v) is 1.26. The van der Waals surface area contributed by atoms with Crippen LogP contribution in [0.5, 0.6) is 0 Å². The molecule has 1 aliphatic rings. The molecule has 0 aromatic carbocycles. The maximum Gasteiger partial charge on any atom is 0.312 e. The first-order chi connectivity index (χ1) is 5.26. The Balaban J connectivity index is 2.51. The van der Waals surface area contributed by atoms with Gasteiger partial charge >= 0.3 is 5.97 Å². The van der Waals surface area contributed by atoms with Gasteiger partial charge in [-0.2, -0.15) is 0 Å². The Labute approximate surface area is 74.3 Å². The third kappa shape index (κ3) is 1.79. The second-order valence-corrected chi connectivity index (χ2v) is 5.02. The van der Waals surface area contributed by atoms with Crippen LogP contribution in [0.3, 0.4) is 0 Å². The Hall–Kier alpha value is -0.530. The first kappa shape index (κ1) is 9.56. The van der Waals surface area contributed by atoms with Crippen molar-refractivity contribution in [2.24, 2.45) is 11.3 Å². The Morgan fingerprint density at radius 1 is 1.50 bits per heavy atom. The molecule has 70 valence electrons. The summed E-state index contributed by atoms with van der Waals surface area (Å²) in [4.78, 5) is 11.5. The lowest BCUT2D eigenvalue weighted by Gasteiger charge is -2.22. The van der Waals surface area contributed by atoms with Crippen LogP contribution in [0.4, 0.5) is 0 Å². The maximum absolute atomic E-state index is 11.5. The first-order valence-corrected chi connectivity index (χ1v) is 4.49. The molecule has 1 saturated carbocycles. The van der Waals surface area contributed by atoms with E-state index in [1.54, 1.807) is 0 Å². The maximum atomic E-state index is 11.5. The topological polar surface area (TPSA) is 26.3 Å². The summed E-state index contributed by atoms with van der Waals surface area (Å²) < 4.78 is 5.30. The largest absolute Gasteiger partial charge is 0.460 e. The van der Waals surface area contributed by atoms with Crippen LogP contribution in [-0.2, 0) is 9.53 Å². The number of ether oxygens (including phenoxy) is 1. The van der Waals surface area contributed by atoms with Gasteiger partial charge in [0, 0.05) is 0 Å². The third-order valence-corrected chi connectivity index (χ3v) is 2.52. The van der Waals surface area contributed by atoms with E-state index in [9.17, 15) is 4.79 Å². The fraction of sp³-hybridized carbons (Fsp3) is 0.900. The number of hydrogen-bond donors (Lipinski definition) is 0. The lowest BCUT2D eigenvalue weighted by Crippen LogP contribution is -2.29. The zero-order valence-electron chi connectivity index (χ0n) is 8.60. The highest BCUT2D eigenvalue weighted by atomic mass is 16.6. The molecule has 1 fully saturated rings. The summed E-state index contributed by atoms with van der Waals surface area (Å²) >= 11 is 0. The number of hydrogen-bond acceptors (Lipinski definition) is 2. The number of rotatable bonds is 1. The normalized spacial score (nSPS) is 34.6. The van der Waals surface area contributed by atoms with Crippen molar-refractivity contribution in [3.05, 3.63) is 0 Å². The van der Waals surface area contributed by atoms with Gasteiger partial charge in [-0.15, -0.1) is 0 Å². The second-order valence-electron chi connectivity index (χ2n) is 5.02. The van der Waals surface area contributed by atoms with Crippen molar-refractivity contribution in [3.8, 4) is 0 Å². The van der Waals surface area contributed by atoms with Crippen molar-refractivity contribution in [1.29, 1.82) is 0 Å². The van der Waals surface area contributed by atoms with Gasteiger partial charge in [0.05, 0.1) is 5.41 Å². The highest BCUT2D eigenvalue weighted by Gasteiger charge is 2.55. The number of carbonyl (C=O) groups is 1. The van der Waals surface area contributed by atoms with Gasteiger partial charge in [0.15, 0.2) is 0 Å². The van der Waals surface area contributed by atoms with Gasteiger partial charge in [0.2, 0.25) is 0 Å². The molecule has 2 atom stereocenters. The lowest BCUT2D eigenvalue weighted by molar-refractivity contribution is -0.161. The van der Waals surface area contributed by atoms with E-state index in [1.807, 2.05) is 27.7 Å². The SMILES string of the molecule is CC1CC1(C)C(=O)OC(C)(C)C. The Bertz CT molecular complexity index is 202. The van der Waals surface area contributed by atoms with Crippen molar-refractivity contribution < 1.29 is 9.53 Å². The molecule has 2 unspecified atom stereocenters. The fourth-order valence-electron chi connectivity index (χ4n) is 1.26. The Morgan fingerprint density at radius 3 is 2.17 bits per heavy atom. The van der Waals surface area contributed by atoms with E-state index in [4.69, 9.17) is 4.74 Å². The van der Waals surface area contributed by atoms with E-state index in [-0.39, 0.29) is 17.0 Å². The van der Waals surface area contributed by atoms with Crippen molar-refractivity contribution in [3.63, 3.8) is 0 Å². The summed E-state index contributed by atoms with van der Waals surface area (Å²) in [6.45, 7) is 9.78. The van der Waals surface area contributed by atoms with Crippen LogP contribution in [-0.4, -0.2) is 11.6 Å². The van der Waals surface area contributed by atoms with Crippen LogP contribution in [0.1, 0.15) is 41.0 Å². The molecule has 0 aliphatic heterocycles. The molecule has 0 saturated heterocycles. The quantitative estimate of drug-likeness (QED) is 0.565. The average Bonchev–Trinajstić information content (AvgIpc) is 2.37. The molecule has 2 nitrogen and oxygen atoms in total. The molecule has 0 aromatic heterocycles. The summed E-state index contributed by atoms with van der Waals surface area (Å²) in [5.41, 5.74) is -0.532. The molecule has 1 aliphatic carbocycles. The molecule has 0 spiro atoms. The second kappa shape index (κ2) is 2.48. The van der Waals surface area contributed by atoms with Crippen LogP contribution < -0.4 is 0 Å². The van der Waals surface area contributed by atoms with Crippen molar-refractivity contribution >= 4 is 5.97 Å². The molecule has 0 aromatic rings. The van der Waals surface area contributed by atoms with Gasteiger partial charge in [-0.3, -0.25) is 4.79 Å². The van der Waals surface area contributed by atoms with Gasteiger partial charge in [0.1, 0.15) is 5.60 Å². The van der Waals surface area contributed by atoms with Crippen molar-refractivity contribution in [2.45, 2.75) is 46.6 Å². The molecule has 12 heavy (non-hydrogen) atoms. The summed E-state index contributed by atoms with van der Waals surface area (Å²) in [5.74, 6) is 0.454. The summed E-state index contributed by atoms with van der Waals surface area (Å²) in [7, 11) is 0. The number of carbonyl (C=O) groups excluding carboxylic acids is 1. The summed E-state index contributed by atoms with van der Waals surface area (Å²) in [5, 5.41) is 0. The molecular formula is C10H18O2. The smallest absolute Gasteiger partial charge is 0.312 e. The van der Waals surface area contributed by atoms with Crippen LogP contribution in [0.15, 0.2) is 0 Å². The molecule has 0 radical (unpaired) electrons. The van der Waals surface area contributed by atoms with E-state index >= 15 is 0 Å². The molecule has 0 bridgehead atoms. The van der Waals surface area contributed by atoms with Crippen LogP contribution in [0.25, 0.3) is 0 Å². The van der Waals surface area contributed by atoms with Gasteiger partial charge in [-0.1, -0.05) is 6.92 Å². The monoisotopic (exact) mass is 170 g/mol. The average molecular weight is 170 g/mol. The van der Waals surface area contributed by atoms with E-state index in [2.05, 4.69) is 6.92 Å². The van der Waals surface area contributed by atoms with Crippen molar-refractivity contribution in [2.75, 3.05) is 0 Å². The van der Waals surface area contributed by atoms with Crippen molar-refractivity contribution in [1.82, 2.24) is 0 Å². The van der Waals surface area contributed by atoms with Crippen LogP contribution in [0, 0.1) is 11.3 Å². The molecule has 1 rings (SSSR count). The summed E-state index contributed by atoms with van der Waals surface area (Å²) in [6.07, 6.45) is 0.974. The minimum Gasteiger partial charge on any atom is -0.460 e. The van der Waals surface area contributed by atoms with E-state index in [0.29, 0.717) is 5.92 Å². The zero-order valence-corrected chi connectivity index (χ0v) is 8.60. The molecule has 0 amide bonds. The summed E-state index contributed by atoms with van der Waals surface area (Å²) in [6, 6.07) is 0. The van der Waals surface area contributed by atoms with E-state index < -0.39 is 0 Å². The Morgan fingerprint density at radius 2 is 1.92 bits per heavy atom. The van der Waals surface area contributed by atoms with Gasteiger partial charge in [-0.05, 0) is 40.0 Å². The molecule has 2 heteroatoms. The highest BCUT2D eigenvalue weighted by molar-refractivity contribution is 5.80. The minimum atomic E-state index is -0.345. The predicted molar refractivity (Wildman–Crippen MR) is 47.7 cm³/mol. The van der Waals surface area contributed by atoms with Crippen LogP contribution >= 0.6 is 0 Å². The zero-order chi connectivity index (χ0) is 9.57. The van der Waals surface area contributed by atoms with E-state index in [1.165, 1.54) is 0 Å².